The van der Waals surface area contributed by atoms with E-state index in [1.165, 1.54) is 32.9 Å². The lowest BCUT2D eigenvalue weighted by atomic mass is 9.99. The summed E-state index contributed by atoms with van der Waals surface area (Å²) >= 11 is 0. The quantitative estimate of drug-likeness (QED) is 0.178. The van der Waals surface area contributed by atoms with Crippen LogP contribution in [-0.2, 0) is 0 Å². The fraction of sp³-hybridized carbons (Fsp3) is 0. The molecule has 51 heavy (non-hydrogen) atoms. The van der Waals surface area contributed by atoms with Crippen LogP contribution in [0.5, 0.6) is 0 Å². The zero-order valence-corrected chi connectivity index (χ0v) is 27.8. The molecule has 0 aliphatic heterocycles. The lowest BCUT2D eigenvalue weighted by Crippen LogP contribution is -2.10. The maximum absolute atomic E-state index is 6.64. The van der Waals surface area contributed by atoms with E-state index in [1.54, 1.807) is 0 Å². The Morgan fingerprint density at radius 2 is 0.902 bits per heavy atom. The first-order valence-electron chi connectivity index (χ1n) is 17.4. The number of hydrogen-bond acceptors (Lipinski definition) is 2. The molecule has 0 spiro atoms. The molecule has 3 nitrogen and oxygen atoms in total. The molecule has 2 heterocycles. The van der Waals surface area contributed by atoms with E-state index in [9.17, 15) is 0 Å². The van der Waals surface area contributed by atoms with Crippen LogP contribution in [0.4, 0.5) is 17.1 Å². The molecule has 0 saturated carbocycles. The first kappa shape index (κ1) is 29.1. The topological polar surface area (TPSA) is 21.3 Å². The maximum atomic E-state index is 6.64. The van der Waals surface area contributed by atoms with Crippen LogP contribution in [0, 0.1) is 0 Å². The van der Waals surface area contributed by atoms with Crippen molar-refractivity contribution in [3.05, 3.63) is 194 Å². The van der Waals surface area contributed by atoms with Crippen molar-refractivity contribution in [3.63, 3.8) is 0 Å². The van der Waals surface area contributed by atoms with Crippen LogP contribution in [0.3, 0.4) is 0 Å². The maximum Gasteiger partial charge on any atom is 0.143 e. The molecule has 0 amide bonds. The lowest BCUT2D eigenvalue weighted by molar-refractivity contribution is 0.670. The molecule has 0 bridgehead atoms. The van der Waals surface area contributed by atoms with Crippen molar-refractivity contribution in [2.24, 2.45) is 0 Å². The summed E-state index contributed by atoms with van der Waals surface area (Å²) in [5, 5.41) is 4.70. The highest BCUT2D eigenvalue weighted by Gasteiger charge is 2.20. The third kappa shape index (κ3) is 4.90. The van der Waals surface area contributed by atoms with Gasteiger partial charge in [0.05, 0.1) is 11.0 Å². The van der Waals surface area contributed by atoms with Gasteiger partial charge in [-0.05, 0) is 83.4 Å². The molecular weight excluding hydrogens is 621 g/mol. The van der Waals surface area contributed by atoms with E-state index in [2.05, 4.69) is 198 Å². The molecule has 0 unspecified atom stereocenters. The van der Waals surface area contributed by atoms with Crippen molar-refractivity contribution < 1.29 is 4.42 Å². The van der Waals surface area contributed by atoms with E-state index >= 15 is 0 Å². The molecule has 0 fully saturated rings. The van der Waals surface area contributed by atoms with Gasteiger partial charge in [-0.25, -0.2) is 0 Å². The average molecular weight is 653 g/mol. The fourth-order valence-corrected chi connectivity index (χ4v) is 7.60. The van der Waals surface area contributed by atoms with E-state index in [-0.39, 0.29) is 0 Å². The second-order valence-corrected chi connectivity index (χ2v) is 13.0. The second-order valence-electron chi connectivity index (χ2n) is 13.0. The van der Waals surface area contributed by atoms with E-state index < -0.39 is 0 Å². The van der Waals surface area contributed by atoms with Gasteiger partial charge in [0.1, 0.15) is 11.2 Å². The predicted molar refractivity (Wildman–Crippen MR) is 214 cm³/mol. The number of furan rings is 1. The third-order valence-electron chi connectivity index (χ3n) is 9.98. The molecule has 240 valence electrons. The monoisotopic (exact) mass is 652 g/mol. The van der Waals surface area contributed by atoms with E-state index in [0.717, 1.165) is 55.8 Å². The minimum Gasteiger partial charge on any atom is -0.455 e. The van der Waals surface area contributed by atoms with Gasteiger partial charge in [0.15, 0.2) is 0 Å². The Morgan fingerprint density at radius 3 is 1.59 bits per heavy atom. The highest BCUT2D eigenvalue weighted by molar-refractivity contribution is 6.12. The van der Waals surface area contributed by atoms with Crippen molar-refractivity contribution in [1.82, 2.24) is 4.57 Å². The van der Waals surface area contributed by atoms with Gasteiger partial charge < -0.3 is 13.9 Å². The molecule has 10 aromatic rings. The van der Waals surface area contributed by atoms with Crippen molar-refractivity contribution in [2.75, 3.05) is 4.90 Å². The Labute approximate surface area is 295 Å². The summed E-state index contributed by atoms with van der Waals surface area (Å²) in [5.41, 5.74) is 13.1. The van der Waals surface area contributed by atoms with Gasteiger partial charge in [-0.15, -0.1) is 0 Å². The molecule has 2 aromatic heterocycles. The van der Waals surface area contributed by atoms with Gasteiger partial charge in [-0.3, -0.25) is 0 Å². The Hall–Kier alpha value is -6.84. The van der Waals surface area contributed by atoms with Crippen molar-refractivity contribution >= 4 is 60.8 Å². The normalized spacial score (nSPS) is 11.5. The van der Waals surface area contributed by atoms with Gasteiger partial charge >= 0.3 is 0 Å². The van der Waals surface area contributed by atoms with E-state index in [1.807, 2.05) is 6.07 Å². The molecule has 0 radical (unpaired) electrons. The minimum absolute atomic E-state index is 0.881. The van der Waals surface area contributed by atoms with Gasteiger partial charge in [-0.1, -0.05) is 127 Å². The summed E-state index contributed by atoms with van der Waals surface area (Å²) in [6.07, 6.45) is 0. The number of nitrogens with zero attached hydrogens (tertiary/aromatic N) is 2. The molecule has 8 aromatic carbocycles. The zero-order chi connectivity index (χ0) is 33.7. The SMILES string of the molecule is c1ccc(-c2ccc(N(c3ccccc3)c3cc(-c4ccc(-n5c6ccccc6c6ccccc65)cc4)c4oc5ccccc5c4c3)cc2)cc1. The fourth-order valence-electron chi connectivity index (χ4n) is 7.60. The average Bonchev–Trinajstić information content (AvgIpc) is 3.75. The number of rotatable bonds is 6. The van der Waals surface area contributed by atoms with Gasteiger partial charge in [0, 0.05) is 49.9 Å². The molecule has 3 heteroatoms. The minimum atomic E-state index is 0.881. The molecule has 10 rings (SSSR count). The number of para-hydroxylation sites is 4. The number of benzene rings is 8. The highest BCUT2D eigenvalue weighted by Crippen LogP contribution is 2.44. The Kier molecular flexibility index (Phi) is 6.81. The third-order valence-corrected chi connectivity index (χ3v) is 9.98. The Bertz CT molecular complexity index is 2780. The molecular formula is C48H32N2O. The van der Waals surface area contributed by atoms with Crippen LogP contribution in [-0.4, -0.2) is 4.57 Å². The highest BCUT2D eigenvalue weighted by atomic mass is 16.3. The van der Waals surface area contributed by atoms with Gasteiger partial charge in [0.2, 0.25) is 0 Å². The Morgan fingerprint density at radius 1 is 0.373 bits per heavy atom. The number of hydrogen-bond donors (Lipinski definition) is 0. The molecule has 0 N–H and O–H groups in total. The van der Waals surface area contributed by atoms with Crippen LogP contribution >= 0.6 is 0 Å². The summed E-state index contributed by atoms with van der Waals surface area (Å²) in [6, 6.07) is 69.1. The van der Waals surface area contributed by atoms with E-state index in [0.29, 0.717) is 0 Å². The molecule has 0 atom stereocenters. The van der Waals surface area contributed by atoms with Crippen LogP contribution in [0.2, 0.25) is 0 Å². The van der Waals surface area contributed by atoms with Crippen molar-refractivity contribution in [1.29, 1.82) is 0 Å². The summed E-state index contributed by atoms with van der Waals surface area (Å²) in [4.78, 5) is 2.34. The van der Waals surface area contributed by atoms with E-state index in [4.69, 9.17) is 4.42 Å². The first-order valence-corrected chi connectivity index (χ1v) is 17.4. The molecule has 0 aliphatic rings. The summed E-state index contributed by atoms with van der Waals surface area (Å²) < 4.78 is 9.00. The van der Waals surface area contributed by atoms with Crippen LogP contribution in [0.25, 0.3) is 71.7 Å². The Balaban J connectivity index is 1.15. The van der Waals surface area contributed by atoms with Crippen molar-refractivity contribution in [2.45, 2.75) is 0 Å². The summed E-state index contributed by atoms with van der Waals surface area (Å²) in [6.45, 7) is 0. The van der Waals surface area contributed by atoms with Crippen LogP contribution < -0.4 is 4.90 Å². The lowest BCUT2D eigenvalue weighted by Gasteiger charge is -2.26. The molecule has 0 saturated heterocycles. The first-order chi connectivity index (χ1) is 25.3. The van der Waals surface area contributed by atoms with Gasteiger partial charge in [-0.2, -0.15) is 0 Å². The summed E-state index contributed by atoms with van der Waals surface area (Å²) in [5.74, 6) is 0. The smallest absolute Gasteiger partial charge is 0.143 e. The number of anilines is 3. The second kappa shape index (κ2) is 11.9. The van der Waals surface area contributed by atoms with Crippen molar-refractivity contribution in [3.8, 4) is 27.9 Å². The zero-order valence-electron chi connectivity index (χ0n) is 27.8. The van der Waals surface area contributed by atoms with Gasteiger partial charge in [0.25, 0.3) is 0 Å². The van der Waals surface area contributed by atoms with Crippen LogP contribution in [0.1, 0.15) is 0 Å². The molecule has 0 aliphatic carbocycles. The standard InChI is InChI=1S/C48H32N2O/c1-3-13-33(14-4-1)34-23-27-37(28-24-34)49(36-15-5-2-6-16-36)39-31-43(48-44(32-39)42-19-9-12-22-47(42)51-48)35-25-29-38(30-26-35)50-45-20-10-7-17-40(45)41-18-8-11-21-46(41)50/h1-32H. The largest absolute Gasteiger partial charge is 0.455 e. The summed E-state index contributed by atoms with van der Waals surface area (Å²) in [7, 11) is 0. The predicted octanol–water partition coefficient (Wildman–Crippen LogP) is 13.5. The van der Waals surface area contributed by atoms with Crippen LogP contribution in [0.15, 0.2) is 199 Å². The number of fused-ring (bicyclic) bond motifs is 6. The number of aromatic nitrogens is 1.